The van der Waals surface area contributed by atoms with Gasteiger partial charge in [0, 0.05) is 27.6 Å². The summed E-state index contributed by atoms with van der Waals surface area (Å²) in [6.07, 6.45) is 1.65. The molecular formula is C13H29N2O2W-. The van der Waals surface area contributed by atoms with Gasteiger partial charge in [-0.1, -0.05) is 0 Å². The van der Waals surface area contributed by atoms with Crippen LogP contribution in [0.15, 0.2) is 0 Å². The first-order valence-corrected chi connectivity index (χ1v) is 6.40. The second kappa shape index (κ2) is 10.3. The van der Waals surface area contributed by atoms with Gasteiger partial charge in [0.15, 0.2) is 0 Å². The van der Waals surface area contributed by atoms with Crippen LogP contribution < -0.4 is 5.32 Å². The molecule has 4 nitrogen and oxygen atoms in total. The average molecular weight is 429 g/mol. The van der Waals surface area contributed by atoms with E-state index in [4.69, 9.17) is 15.2 Å². The Morgan fingerprint density at radius 1 is 0.944 bits per heavy atom. The molecule has 0 aromatic rings. The summed E-state index contributed by atoms with van der Waals surface area (Å²) in [5.41, 5.74) is 6.88. The summed E-state index contributed by atoms with van der Waals surface area (Å²) in [5.74, 6) is 0. The summed E-state index contributed by atoms with van der Waals surface area (Å²) in [6.45, 7) is 10.9. The van der Waals surface area contributed by atoms with Gasteiger partial charge in [0.2, 0.25) is 0 Å². The van der Waals surface area contributed by atoms with Crippen LogP contribution in [0.4, 0.5) is 0 Å². The van der Waals surface area contributed by atoms with Crippen LogP contribution in [-0.4, -0.2) is 44.6 Å². The zero-order valence-electron chi connectivity index (χ0n) is 12.5. The SMILES string of the molecule is CNCCOC(C)(C)CCOC(C)(C)CC[NH-].[W]. The first-order chi connectivity index (χ1) is 7.83. The van der Waals surface area contributed by atoms with E-state index in [0.29, 0.717) is 13.2 Å². The third-order valence-electron chi connectivity index (χ3n) is 2.77. The van der Waals surface area contributed by atoms with Gasteiger partial charge >= 0.3 is 0 Å². The fourth-order valence-electron chi connectivity index (χ4n) is 1.45. The smallest absolute Gasteiger partial charge is 0.0649 e. The van der Waals surface area contributed by atoms with E-state index in [1.807, 2.05) is 20.9 Å². The molecule has 0 aliphatic rings. The van der Waals surface area contributed by atoms with Crippen molar-refractivity contribution in [3.8, 4) is 0 Å². The Bertz CT molecular complexity index is 199. The summed E-state index contributed by atoms with van der Waals surface area (Å²) >= 11 is 0. The van der Waals surface area contributed by atoms with E-state index >= 15 is 0 Å². The standard InChI is InChI=1S/C13H29N2O2.W/c1-12(2,6-8-14)16-10-7-13(3,4)17-11-9-15-5;/h14-15H,6-11H2,1-5H3;/q-1;. The summed E-state index contributed by atoms with van der Waals surface area (Å²) in [4.78, 5) is 0. The third kappa shape index (κ3) is 11.6. The molecule has 0 aliphatic heterocycles. The minimum atomic E-state index is -0.192. The van der Waals surface area contributed by atoms with E-state index in [0.717, 1.165) is 26.0 Å². The van der Waals surface area contributed by atoms with Gasteiger partial charge in [-0.15, -0.1) is 6.54 Å². The Morgan fingerprint density at radius 2 is 1.44 bits per heavy atom. The molecule has 0 saturated carbocycles. The first-order valence-electron chi connectivity index (χ1n) is 6.40. The van der Waals surface area contributed by atoms with Crippen molar-refractivity contribution < 1.29 is 30.5 Å². The molecule has 0 aromatic carbocycles. The van der Waals surface area contributed by atoms with Crippen molar-refractivity contribution in [3.63, 3.8) is 0 Å². The van der Waals surface area contributed by atoms with Crippen LogP contribution in [0.3, 0.4) is 0 Å². The largest absolute Gasteiger partial charge is 0.677 e. The molecule has 0 saturated heterocycles. The summed E-state index contributed by atoms with van der Waals surface area (Å²) in [7, 11) is 1.92. The molecule has 0 heterocycles. The summed E-state index contributed by atoms with van der Waals surface area (Å²) in [6, 6.07) is 0. The van der Waals surface area contributed by atoms with Crippen molar-refractivity contribution in [1.29, 1.82) is 0 Å². The van der Waals surface area contributed by atoms with Crippen LogP contribution in [0.25, 0.3) is 5.73 Å². The second-order valence-electron chi connectivity index (χ2n) is 5.57. The number of ether oxygens (including phenoxy) is 2. The minimum absolute atomic E-state index is 0. The van der Waals surface area contributed by atoms with E-state index in [9.17, 15) is 0 Å². The Balaban J connectivity index is 0. The van der Waals surface area contributed by atoms with Crippen LogP contribution in [0.5, 0.6) is 0 Å². The van der Waals surface area contributed by atoms with Gasteiger partial charge in [-0.3, -0.25) is 0 Å². The molecule has 0 radical (unpaired) electrons. The Labute approximate surface area is 127 Å². The summed E-state index contributed by atoms with van der Waals surface area (Å²) < 4.78 is 11.6. The molecule has 0 unspecified atom stereocenters. The Morgan fingerprint density at radius 3 is 1.94 bits per heavy atom. The molecule has 0 fully saturated rings. The second-order valence-corrected chi connectivity index (χ2v) is 5.57. The fraction of sp³-hybridized carbons (Fsp3) is 1.00. The van der Waals surface area contributed by atoms with Gasteiger partial charge in [0.25, 0.3) is 0 Å². The predicted octanol–water partition coefficient (Wildman–Crippen LogP) is 2.63. The zero-order valence-corrected chi connectivity index (χ0v) is 15.4. The van der Waals surface area contributed by atoms with Gasteiger partial charge in [-0.25, -0.2) is 0 Å². The molecule has 0 aromatic heterocycles. The maximum Gasteiger partial charge on any atom is 0.0649 e. The molecule has 110 valence electrons. The molecule has 0 rings (SSSR count). The maximum absolute atomic E-state index is 7.22. The van der Waals surface area contributed by atoms with E-state index in [2.05, 4.69) is 19.2 Å². The van der Waals surface area contributed by atoms with Gasteiger partial charge in [-0.2, -0.15) is 0 Å². The molecule has 0 bridgehead atoms. The quantitative estimate of drug-likeness (QED) is 0.544. The van der Waals surface area contributed by atoms with Gasteiger partial charge in [-0.05, 0) is 47.6 Å². The molecule has 18 heavy (non-hydrogen) atoms. The van der Waals surface area contributed by atoms with Crippen molar-refractivity contribution >= 4 is 0 Å². The molecule has 0 aliphatic carbocycles. The Hall–Kier alpha value is 0.528. The number of hydrogen-bond acceptors (Lipinski definition) is 3. The fourth-order valence-corrected chi connectivity index (χ4v) is 1.45. The predicted molar refractivity (Wildman–Crippen MR) is 72.4 cm³/mol. The summed E-state index contributed by atoms with van der Waals surface area (Å²) in [5, 5.41) is 3.06. The maximum atomic E-state index is 7.22. The molecule has 0 amide bonds. The number of likely N-dealkylation sites (N-methyl/N-ethyl adjacent to an activating group) is 1. The van der Waals surface area contributed by atoms with Crippen LogP contribution in [0, 0.1) is 0 Å². The zero-order chi connectivity index (χ0) is 13.4. The Kier molecular flexibility index (Phi) is 12.0. The first kappa shape index (κ1) is 20.8. The van der Waals surface area contributed by atoms with Crippen LogP contribution in [0.1, 0.15) is 40.5 Å². The molecule has 2 N–H and O–H groups in total. The molecule has 0 spiro atoms. The third-order valence-corrected chi connectivity index (χ3v) is 2.77. The number of hydrogen-bond donors (Lipinski definition) is 1. The van der Waals surface area contributed by atoms with Crippen LogP contribution >= 0.6 is 0 Å². The van der Waals surface area contributed by atoms with Crippen molar-refractivity contribution in [2.24, 2.45) is 0 Å². The van der Waals surface area contributed by atoms with Crippen molar-refractivity contribution in [1.82, 2.24) is 5.32 Å². The topological polar surface area (TPSA) is 54.3 Å². The van der Waals surface area contributed by atoms with E-state index in [-0.39, 0.29) is 32.3 Å². The van der Waals surface area contributed by atoms with E-state index < -0.39 is 0 Å². The normalized spacial score (nSPS) is 12.3. The van der Waals surface area contributed by atoms with Crippen LogP contribution in [-0.2, 0) is 30.5 Å². The monoisotopic (exact) mass is 429 g/mol. The van der Waals surface area contributed by atoms with E-state index in [1.165, 1.54) is 0 Å². The van der Waals surface area contributed by atoms with Crippen molar-refractivity contribution in [2.75, 3.05) is 33.4 Å². The van der Waals surface area contributed by atoms with Gasteiger partial charge < -0.3 is 20.5 Å². The molecule has 0 atom stereocenters. The van der Waals surface area contributed by atoms with Crippen molar-refractivity contribution in [3.05, 3.63) is 5.73 Å². The number of rotatable bonds is 10. The van der Waals surface area contributed by atoms with Crippen LogP contribution in [0.2, 0.25) is 0 Å². The van der Waals surface area contributed by atoms with Crippen molar-refractivity contribution in [2.45, 2.75) is 51.7 Å². The molecule has 5 heteroatoms. The van der Waals surface area contributed by atoms with Gasteiger partial charge in [0.05, 0.1) is 24.4 Å². The number of nitrogens with one attached hydrogen (secondary N) is 2. The molecular weight excluding hydrogens is 400 g/mol. The average Bonchev–Trinajstić information content (AvgIpc) is 2.16. The van der Waals surface area contributed by atoms with E-state index in [1.54, 1.807) is 0 Å². The minimum Gasteiger partial charge on any atom is -0.677 e. The van der Waals surface area contributed by atoms with Gasteiger partial charge in [0.1, 0.15) is 0 Å².